The molecule has 1 aromatic rings. The average Bonchev–Trinajstić information content (AvgIpc) is 2.53. The van der Waals surface area contributed by atoms with E-state index in [0.29, 0.717) is 16.5 Å². The van der Waals surface area contributed by atoms with Crippen molar-refractivity contribution in [1.82, 2.24) is 9.78 Å². The predicted octanol–water partition coefficient (Wildman–Crippen LogP) is 1.62. The molecule has 0 spiro atoms. The van der Waals surface area contributed by atoms with Crippen molar-refractivity contribution in [3.63, 3.8) is 0 Å². The number of hydrogen-bond donors (Lipinski definition) is 1. The van der Waals surface area contributed by atoms with Crippen LogP contribution in [0.25, 0.3) is 0 Å². The Morgan fingerprint density at radius 2 is 2.24 bits per heavy atom. The van der Waals surface area contributed by atoms with Crippen LogP contribution in [0, 0.1) is 0 Å². The molecule has 0 bridgehead atoms. The van der Waals surface area contributed by atoms with E-state index < -0.39 is 10.8 Å². The van der Waals surface area contributed by atoms with Crippen molar-refractivity contribution in [2.24, 2.45) is 12.8 Å². The lowest BCUT2D eigenvalue weighted by atomic mass is 10.3. The number of hydrogen-bond acceptors (Lipinski definition) is 3. The van der Waals surface area contributed by atoms with Gasteiger partial charge < -0.3 is 5.73 Å². The van der Waals surface area contributed by atoms with Crippen LogP contribution in [0.3, 0.4) is 0 Å². The van der Waals surface area contributed by atoms with Gasteiger partial charge in [0.1, 0.15) is 0 Å². The molecular formula is C11H20ClN3OS. The van der Waals surface area contributed by atoms with Crippen LogP contribution in [-0.2, 0) is 30.0 Å². The summed E-state index contributed by atoms with van der Waals surface area (Å²) in [7, 11) is 0.910. The van der Waals surface area contributed by atoms with Gasteiger partial charge in [0.2, 0.25) is 0 Å². The third-order valence-electron chi connectivity index (χ3n) is 2.60. The second-order valence-electron chi connectivity index (χ2n) is 4.24. The molecule has 17 heavy (non-hydrogen) atoms. The summed E-state index contributed by atoms with van der Waals surface area (Å²) in [4.78, 5) is 0. The van der Waals surface area contributed by atoms with Gasteiger partial charge in [0.05, 0.1) is 22.2 Å². The first-order chi connectivity index (χ1) is 7.95. The first kappa shape index (κ1) is 14.7. The van der Waals surface area contributed by atoms with Gasteiger partial charge in [0.25, 0.3) is 0 Å². The van der Waals surface area contributed by atoms with Crippen LogP contribution in [-0.4, -0.2) is 25.8 Å². The lowest BCUT2D eigenvalue weighted by Crippen LogP contribution is -2.18. The Labute approximate surface area is 110 Å². The highest BCUT2D eigenvalue weighted by atomic mass is 35.5. The zero-order valence-corrected chi connectivity index (χ0v) is 12.1. The fraction of sp³-hybridized carbons (Fsp3) is 0.727. The van der Waals surface area contributed by atoms with Crippen molar-refractivity contribution in [2.75, 3.05) is 5.75 Å². The molecule has 1 aromatic heterocycles. The van der Waals surface area contributed by atoms with Crippen LogP contribution in [0.2, 0.25) is 5.02 Å². The molecule has 0 aromatic carbocycles. The molecule has 0 fully saturated rings. The van der Waals surface area contributed by atoms with E-state index in [4.69, 9.17) is 17.3 Å². The molecule has 0 amide bonds. The summed E-state index contributed by atoms with van der Waals surface area (Å²) >= 11 is 6.19. The van der Waals surface area contributed by atoms with E-state index in [1.54, 1.807) is 4.68 Å². The molecule has 0 radical (unpaired) electrons. The fourth-order valence-corrected chi connectivity index (χ4v) is 3.37. The maximum atomic E-state index is 11.9. The van der Waals surface area contributed by atoms with Crippen LogP contribution in [0.15, 0.2) is 0 Å². The fourth-order valence-electron chi connectivity index (χ4n) is 1.52. The monoisotopic (exact) mass is 277 g/mol. The topological polar surface area (TPSA) is 60.9 Å². The zero-order valence-electron chi connectivity index (χ0n) is 10.6. The van der Waals surface area contributed by atoms with Crippen molar-refractivity contribution >= 4 is 22.4 Å². The molecule has 98 valence electrons. The summed E-state index contributed by atoms with van der Waals surface area (Å²) in [5, 5.41) is 4.96. The van der Waals surface area contributed by atoms with Crippen molar-refractivity contribution in [1.29, 1.82) is 0 Å². The molecule has 2 atom stereocenters. The number of nitrogens with two attached hydrogens (primary N) is 1. The highest BCUT2D eigenvalue weighted by Crippen LogP contribution is 2.22. The number of aryl methyl sites for hydroxylation is 2. The molecule has 0 aliphatic heterocycles. The van der Waals surface area contributed by atoms with E-state index in [0.717, 1.165) is 24.2 Å². The van der Waals surface area contributed by atoms with Gasteiger partial charge in [0, 0.05) is 29.6 Å². The van der Waals surface area contributed by atoms with E-state index >= 15 is 0 Å². The largest absolute Gasteiger partial charge is 0.328 e. The van der Waals surface area contributed by atoms with Crippen LogP contribution in [0.5, 0.6) is 0 Å². The van der Waals surface area contributed by atoms with Gasteiger partial charge in [-0.2, -0.15) is 5.10 Å². The van der Waals surface area contributed by atoms with Crippen molar-refractivity contribution in [3.05, 3.63) is 16.4 Å². The van der Waals surface area contributed by atoms with Gasteiger partial charge in [-0.15, -0.1) is 0 Å². The van der Waals surface area contributed by atoms with E-state index in [2.05, 4.69) is 5.10 Å². The summed E-state index contributed by atoms with van der Waals surface area (Å²) in [6.07, 6.45) is 1.56. The highest BCUT2D eigenvalue weighted by Gasteiger charge is 2.15. The van der Waals surface area contributed by atoms with Crippen LogP contribution in [0.1, 0.15) is 31.7 Å². The number of nitrogens with zero attached hydrogens (tertiary/aromatic N) is 2. The van der Waals surface area contributed by atoms with E-state index in [-0.39, 0.29) is 6.04 Å². The smallest absolute Gasteiger partial charge is 0.0859 e. The summed E-state index contributed by atoms with van der Waals surface area (Å²) in [5.41, 5.74) is 7.36. The van der Waals surface area contributed by atoms with E-state index in [9.17, 15) is 4.21 Å². The molecule has 2 N–H and O–H groups in total. The van der Waals surface area contributed by atoms with Gasteiger partial charge in [-0.25, -0.2) is 0 Å². The van der Waals surface area contributed by atoms with Crippen molar-refractivity contribution in [3.8, 4) is 0 Å². The lowest BCUT2D eigenvalue weighted by molar-refractivity contribution is 0.662. The van der Waals surface area contributed by atoms with E-state index in [1.165, 1.54) is 0 Å². The molecule has 0 aliphatic carbocycles. The summed E-state index contributed by atoms with van der Waals surface area (Å²) in [5.74, 6) is 1.07. The van der Waals surface area contributed by atoms with Gasteiger partial charge >= 0.3 is 0 Å². The standard InChI is InChI=1S/C11H20ClN3OS/c1-4-9-11(12)10(15(3)14-9)7-17(16)6-5-8(2)13/h8H,4-7,13H2,1-3H3. The van der Waals surface area contributed by atoms with Gasteiger partial charge in [-0.1, -0.05) is 18.5 Å². The van der Waals surface area contributed by atoms with Crippen LogP contribution < -0.4 is 5.73 Å². The lowest BCUT2D eigenvalue weighted by Gasteiger charge is -2.06. The number of rotatable bonds is 6. The van der Waals surface area contributed by atoms with Gasteiger partial charge in [0.15, 0.2) is 0 Å². The minimum atomic E-state index is -0.926. The molecule has 2 unspecified atom stereocenters. The first-order valence-corrected chi connectivity index (χ1v) is 7.63. The molecule has 0 aliphatic rings. The third kappa shape index (κ3) is 4.08. The minimum Gasteiger partial charge on any atom is -0.328 e. The van der Waals surface area contributed by atoms with Gasteiger partial charge in [-0.05, 0) is 19.8 Å². The summed E-state index contributed by atoms with van der Waals surface area (Å²) in [6.45, 7) is 3.93. The third-order valence-corrected chi connectivity index (χ3v) is 4.32. The Morgan fingerprint density at radius 1 is 1.59 bits per heavy atom. The Balaban J connectivity index is 2.68. The Bertz CT molecular complexity index is 404. The maximum absolute atomic E-state index is 11.9. The molecule has 0 saturated carbocycles. The number of halogens is 1. The van der Waals surface area contributed by atoms with E-state index in [1.807, 2.05) is 20.9 Å². The quantitative estimate of drug-likeness (QED) is 0.860. The Morgan fingerprint density at radius 3 is 2.71 bits per heavy atom. The number of aromatic nitrogens is 2. The Kier molecular flexibility index (Phi) is 5.62. The Hall–Kier alpha value is -0.390. The molecule has 6 heteroatoms. The SMILES string of the molecule is CCc1nn(C)c(CS(=O)CCC(C)N)c1Cl. The molecule has 4 nitrogen and oxygen atoms in total. The zero-order chi connectivity index (χ0) is 13.0. The van der Waals surface area contributed by atoms with Crippen LogP contribution in [0.4, 0.5) is 0 Å². The molecule has 1 rings (SSSR count). The van der Waals surface area contributed by atoms with Crippen molar-refractivity contribution in [2.45, 2.75) is 38.5 Å². The molecular weight excluding hydrogens is 258 g/mol. The average molecular weight is 278 g/mol. The second kappa shape index (κ2) is 6.52. The maximum Gasteiger partial charge on any atom is 0.0859 e. The van der Waals surface area contributed by atoms with Gasteiger partial charge in [-0.3, -0.25) is 8.89 Å². The summed E-state index contributed by atoms with van der Waals surface area (Å²) in [6, 6.07) is 0.0900. The molecule has 1 heterocycles. The minimum absolute atomic E-state index is 0.0900. The first-order valence-electron chi connectivity index (χ1n) is 5.76. The second-order valence-corrected chi connectivity index (χ2v) is 6.19. The predicted molar refractivity (Wildman–Crippen MR) is 72.6 cm³/mol. The van der Waals surface area contributed by atoms with Crippen LogP contribution >= 0.6 is 11.6 Å². The molecule has 0 saturated heterocycles. The van der Waals surface area contributed by atoms with Crippen molar-refractivity contribution < 1.29 is 4.21 Å². The highest BCUT2D eigenvalue weighted by molar-refractivity contribution is 7.84. The normalized spacial score (nSPS) is 14.9. The summed E-state index contributed by atoms with van der Waals surface area (Å²) < 4.78 is 13.6.